The number of hydrogen-bond donors (Lipinski definition) is 0. The second-order valence-corrected chi connectivity index (χ2v) is 5.99. The maximum Gasteiger partial charge on any atom is 0.156 e. The third-order valence-corrected chi connectivity index (χ3v) is 4.38. The highest BCUT2D eigenvalue weighted by Crippen LogP contribution is 2.27. The highest BCUT2D eigenvalue weighted by atomic mass is 15.3. The molecule has 0 saturated carbocycles. The van der Waals surface area contributed by atoms with Crippen LogP contribution in [0.3, 0.4) is 0 Å². The molecule has 2 aromatic heterocycles. The van der Waals surface area contributed by atoms with Gasteiger partial charge < -0.3 is 0 Å². The molecule has 4 aromatic rings. The van der Waals surface area contributed by atoms with E-state index >= 15 is 0 Å². The van der Waals surface area contributed by atoms with Gasteiger partial charge in [-0.25, -0.2) is 9.50 Å². The van der Waals surface area contributed by atoms with Gasteiger partial charge in [0.25, 0.3) is 0 Å². The molecular formula is C22H19N3. The summed E-state index contributed by atoms with van der Waals surface area (Å²) in [5, 5.41) is 4.61. The molecule has 0 fully saturated rings. The van der Waals surface area contributed by atoms with E-state index in [2.05, 4.69) is 61.1 Å². The van der Waals surface area contributed by atoms with Gasteiger partial charge in [-0.15, -0.1) is 0 Å². The van der Waals surface area contributed by atoms with Gasteiger partial charge in [0.15, 0.2) is 5.65 Å². The molecule has 25 heavy (non-hydrogen) atoms. The quantitative estimate of drug-likeness (QED) is 0.512. The Morgan fingerprint density at radius 2 is 1.72 bits per heavy atom. The monoisotopic (exact) mass is 325 g/mol. The van der Waals surface area contributed by atoms with Crippen LogP contribution in [0.15, 0.2) is 73.3 Å². The molecule has 4 rings (SSSR count). The number of nitrogens with zero attached hydrogens (tertiary/aromatic N) is 3. The van der Waals surface area contributed by atoms with Gasteiger partial charge in [0.1, 0.15) is 0 Å². The van der Waals surface area contributed by atoms with Crippen LogP contribution in [-0.2, 0) is 6.42 Å². The van der Waals surface area contributed by atoms with E-state index in [1.165, 1.54) is 5.56 Å². The topological polar surface area (TPSA) is 30.2 Å². The molecule has 0 aliphatic rings. The summed E-state index contributed by atoms with van der Waals surface area (Å²) < 4.78 is 1.89. The van der Waals surface area contributed by atoms with E-state index in [9.17, 15) is 0 Å². The van der Waals surface area contributed by atoms with Crippen molar-refractivity contribution in [3.05, 3.63) is 84.6 Å². The maximum absolute atomic E-state index is 4.81. The Morgan fingerprint density at radius 1 is 0.960 bits per heavy atom. The number of aryl methyl sites for hydroxylation is 1. The largest absolute Gasteiger partial charge is 0.228 e. The molecule has 3 heteroatoms. The first-order chi connectivity index (χ1) is 12.3. The van der Waals surface area contributed by atoms with Crippen molar-refractivity contribution in [1.29, 1.82) is 0 Å². The predicted molar refractivity (Wildman–Crippen MR) is 103 cm³/mol. The van der Waals surface area contributed by atoms with E-state index in [1.807, 2.05) is 28.8 Å². The lowest BCUT2D eigenvalue weighted by molar-refractivity contribution is 0.943. The third-order valence-electron chi connectivity index (χ3n) is 4.38. The van der Waals surface area contributed by atoms with Gasteiger partial charge in [-0.05, 0) is 24.1 Å². The van der Waals surface area contributed by atoms with Crippen LogP contribution in [-0.4, -0.2) is 14.6 Å². The van der Waals surface area contributed by atoms with Crippen LogP contribution >= 0.6 is 0 Å². The summed E-state index contributed by atoms with van der Waals surface area (Å²) in [4.78, 5) is 4.81. The van der Waals surface area contributed by atoms with Crippen molar-refractivity contribution in [1.82, 2.24) is 14.6 Å². The van der Waals surface area contributed by atoms with Gasteiger partial charge in [-0.3, -0.25) is 0 Å². The minimum absolute atomic E-state index is 0.822. The Labute approximate surface area is 147 Å². The summed E-state index contributed by atoms with van der Waals surface area (Å²) in [6.45, 7) is 5.99. The molecule has 0 unspecified atom stereocenters. The number of rotatable bonds is 4. The Morgan fingerprint density at radius 3 is 2.40 bits per heavy atom. The lowest BCUT2D eigenvalue weighted by Gasteiger charge is -2.09. The zero-order chi connectivity index (χ0) is 17.2. The number of fused-ring (bicyclic) bond motifs is 1. The summed E-state index contributed by atoms with van der Waals surface area (Å²) in [6, 6.07) is 22.9. The maximum atomic E-state index is 4.81. The van der Waals surface area contributed by atoms with Crippen LogP contribution in [0.5, 0.6) is 0 Å². The Hall–Kier alpha value is -3.20. The van der Waals surface area contributed by atoms with Crippen LogP contribution in [0, 0.1) is 0 Å². The van der Waals surface area contributed by atoms with Crippen molar-refractivity contribution in [2.24, 2.45) is 0 Å². The first kappa shape index (κ1) is 15.3. The van der Waals surface area contributed by atoms with Crippen LogP contribution in [0.1, 0.15) is 18.2 Å². The summed E-state index contributed by atoms with van der Waals surface area (Å²) >= 11 is 0. The Bertz CT molecular complexity index is 1030. The minimum Gasteiger partial charge on any atom is -0.228 e. The van der Waals surface area contributed by atoms with Gasteiger partial charge in [-0.1, -0.05) is 68.1 Å². The van der Waals surface area contributed by atoms with Crippen molar-refractivity contribution in [2.75, 3.05) is 0 Å². The molecule has 0 radical (unpaired) electrons. The summed E-state index contributed by atoms with van der Waals surface area (Å²) in [5.74, 6) is 0. The van der Waals surface area contributed by atoms with Crippen LogP contribution in [0.2, 0.25) is 0 Å². The molecule has 0 spiro atoms. The lowest BCUT2D eigenvalue weighted by Crippen LogP contribution is -1.98. The van der Waals surface area contributed by atoms with Crippen LogP contribution < -0.4 is 0 Å². The molecule has 3 nitrogen and oxygen atoms in total. The van der Waals surface area contributed by atoms with Crippen LogP contribution in [0.4, 0.5) is 0 Å². The second-order valence-electron chi connectivity index (χ2n) is 5.99. The minimum atomic E-state index is 0.822. The van der Waals surface area contributed by atoms with Gasteiger partial charge in [0.05, 0.1) is 17.1 Å². The van der Waals surface area contributed by atoms with Crippen molar-refractivity contribution in [3.8, 4) is 22.5 Å². The van der Waals surface area contributed by atoms with Crippen molar-refractivity contribution in [2.45, 2.75) is 13.3 Å². The van der Waals surface area contributed by atoms with Gasteiger partial charge in [-0.2, -0.15) is 5.10 Å². The molecule has 0 amide bonds. The smallest absolute Gasteiger partial charge is 0.156 e. The molecule has 0 aliphatic heterocycles. The van der Waals surface area contributed by atoms with E-state index in [0.717, 1.165) is 40.3 Å². The molecule has 2 aromatic carbocycles. The van der Waals surface area contributed by atoms with Gasteiger partial charge in [0, 0.05) is 17.2 Å². The zero-order valence-electron chi connectivity index (χ0n) is 14.2. The molecular weight excluding hydrogens is 306 g/mol. The Balaban J connectivity index is 1.95. The second kappa shape index (κ2) is 6.36. The van der Waals surface area contributed by atoms with Crippen molar-refractivity contribution in [3.63, 3.8) is 0 Å². The van der Waals surface area contributed by atoms with Crippen molar-refractivity contribution >= 4 is 11.7 Å². The van der Waals surface area contributed by atoms with E-state index < -0.39 is 0 Å². The van der Waals surface area contributed by atoms with E-state index in [4.69, 9.17) is 4.98 Å². The van der Waals surface area contributed by atoms with Gasteiger partial charge in [0.2, 0.25) is 0 Å². The molecule has 0 saturated heterocycles. The van der Waals surface area contributed by atoms with E-state index in [1.54, 1.807) is 6.08 Å². The van der Waals surface area contributed by atoms with Crippen LogP contribution in [0.25, 0.3) is 34.2 Å². The number of benzene rings is 2. The first-order valence-corrected chi connectivity index (χ1v) is 8.46. The predicted octanol–water partition coefficient (Wildman–Crippen LogP) is 5.27. The Kier molecular flexibility index (Phi) is 3.90. The normalized spacial score (nSPS) is 10.9. The number of aromatic nitrogens is 3. The van der Waals surface area contributed by atoms with E-state index in [0.29, 0.717) is 0 Å². The molecule has 122 valence electrons. The first-order valence-electron chi connectivity index (χ1n) is 8.46. The SMILES string of the molecule is C=Cc1cc2nc(-c3ccc(CC)cc3)cc(-c3ccccc3)n2n1. The lowest BCUT2D eigenvalue weighted by atomic mass is 10.1. The molecule has 0 aliphatic carbocycles. The standard InChI is InChI=1S/C22H19N3/c1-3-16-10-12-17(13-11-16)20-15-21(18-8-6-5-7-9-18)25-22(23-20)14-19(4-2)24-25/h4-15H,2-3H2,1H3. The summed E-state index contributed by atoms with van der Waals surface area (Å²) in [5.41, 5.74) is 7.16. The van der Waals surface area contributed by atoms with E-state index in [-0.39, 0.29) is 0 Å². The summed E-state index contributed by atoms with van der Waals surface area (Å²) in [6.07, 6.45) is 2.78. The fourth-order valence-corrected chi connectivity index (χ4v) is 2.97. The molecule has 2 heterocycles. The van der Waals surface area contributed by atoms with Gasteiger partial charge >= 0.3 is 0 Å². The highest BCUT2D eigenvalue weighted by molar-refractivity contribution is 5.72. The molecule has 0 bridgehead atoms. The average molecular weight is 325 g/mol. The number of hydrogen-bond acceptors (Lipinski definition) is 2. The molecule has 0 atom stereocenters. The highest BCUT2D eigenvalue weighted by Gasteiger charge is 2.11. The van der Waals surface area contributed by atoms with Crippen molar-refractivity contribution < 1.29 is 0 Å². The fraction of sp³-hybridized carbons (Fsp3) is 0.0909. The summed E-state index contributed by atoms with van der Waals surface area (Å²) in [7, 11) is 0. The average Bonchev–Trinajstić information content (AvgIpc) is 3.11. The zero-order valence-corrected chi connectivity index (χ0v) is 14.2. The molecule has 0 N–H and O–H groups in total. The fourth-order valence-electron chi connectivity index (χ4n) is 2.97. The third kappa shape index (κ3) is 2.85.